The molecule has 0 fully saturated rings. The van der Waals surface area contributed by atoms with Gasteiger partial charge in [0.25, 0.3) is 0 Å². The number of carbonyl (C=O) groups is 2. The molecule has 0 unspecified atom stereocenters. The van der Waals surface area contributed by atoms with Crippen LogP contribution in [0.2, 0.25) is 0 Å². The maximum Gasteiger partial charge on any atom is 0.412 e. The molecule has 8 heteroatoms. The van der Waals surface area contributed by atoms with Gasteiger partial charge in [0.2, 0.25) is 0 Å². The van der Waals surface area contributed by atoms with Gasteiger partial charge in [0, 0.05) is 6.07 Å². The molecule has 0 saturated carbocycles. The number of carboxylic acid groups (broad SMARTS) is 1. The summed E-state index contributed by atoms with van der Waals surface area (Å²) in [4.78, 5) is 21.9. The van der Waals surface area contributed by atoms with Crippen LogP contribution in [-0.4, -0.2) is 23.8 Å². The molecule has 1 amide bonds. The summed E-state index contributed by atoms with van der Waals surface area (Å²) in [6.45, 7) is 3.02. The number of hydrogen-bond acceptors (Lipinski definition) is 3. The molecule has 0 spiro atoms. The number of anilines is 1. The quantitative estimate of drug-likeness (QED) is 0.654. The highest BCUT2D eigenvalue weighted by Gasteiger charge is 2.25. The Kier molecular flexibility index (Phi) is 4.51. The van der Waals surface area contributed by atoms with Crippen LogP contribution in [0.4, 0.5) is 23.7 Å². The second-order valence-electron chi connectivity index (χ2n) is 3.22. The molecule has 102 valence electrons. The summed E-state index contributed by atoms with van der Waals surface area (Å²) in [5.41, 5.74) is -2.34. The summed E-state index contributed by atoms with van der Waals surface area (Å²) < 4.78 is 43.9. The predicted octanol–water partition coefficient (Wildman–Crippen LogP) is 2.54. The van der Waals surface area contributed by atoms with Crippen LogP contribution in [0.15, 0.2) is 18.7 Å². The van der Waals surface area contributed by atoms with Gasteiger partial charge in [0.1, 0.15) is 12.2 Å². The molecular weight excluding hydrogens is 267 g/mol. The van der Waals surface area contributed by atoms with Crippen molar-refractivity contribution >= 4 is 17.7 Å². The van der Waals surface area contributed by atoms with E-state index >= 15 is 0 Å². The number of carboxylic acids is 1. The number of halogens is 3. The van der Waals surface area contributed by atoms with Crippen molar-refractivity contribution in [3.63, 3.8) is 0 Å². The first-order chi connectivity index (χ1) is 8.88. The first-order valence-corrected chi connectivity index (χ1v) is 4.84. The second kappa shape index (κ2) is 5.89. The van der Waals surface area contributed by atoms with Gasteiger partial charge >= 0.3 is 12.1 Å². The molecule has 0 atom stereocenters. The fourth-order valence-electron chi connectivity index (χ4n) is 1.19. The van der Waals surface area contributed by atoms with Gasteiger partial charge in [-0.2, -0.15) is 0 Å². The minimum absolute atomic E-state index is 0.116. The third-order valence-corrected chi connectivity index (χ3v) is 1.94. The Hall–Kier alpha value is -2.51. The molecule has 0 heterocycles. The van der Waals surface area contributed by atoms with Crippen molar-refractivity contribution in [1.29, 1.82) is 0 Å². The highest BCUT2D eigenvalue weighted by atomic mass is 19.2. The molecule has 2 N–H and O–H groups in total. The van der Waals surface area contributed by atoms with Crippen molar-refractivity contribution < 1.29 is 32.6 Å². The predicted molar refractivity (Wildman–Crippen MR) is 58.4 cm³/mol. The van der Waals surface area contributed by atoms with E-state index in [0.717, 1.165) is 0 Å². The SMILES string of the molecule is C=CCOC(=O)Nc1c(F)cc(F)c(F)c1C(=O)O. The molecule has 0 saturated heterocycles. The lowest BCUT2D eigenvalue weighted by atomic mass is 10.1. The van der Waals surface area contributed by atoms with E-state index in [9.17, 15) is 22.8 Å². The van der Waals surface area contributed by atoms with Gasteiger partial charge in [0.15, 0.2) is 17.5 Å². The Balaban J connectivity index is 3.19. The van der Waals surface area contributed by atoms with E-state index in [0.29, 0.717) is 0 Å². The van der Waals surface area contributed by atoms with Crippen molar-refractivity contribution in [3.05, 3.63) is 41.7 Å². The van der Waals surface area contributed by atoms with E-state index < -0.39 is 40.8 Å². The number of benzene rings is 1. The number of hydrogen-bond donors (Lipinski definition) is 2. The molecule has 0 aliphatic rings. The van der Waals surface area contributed by atoms with E-state index in [1.54, 1.807) is 5.32 Å². The van der Waals surface area contributed by atoms with E-state index in [4.69, 9.17) is 5.11 Å². The summed E-state index contributed by atoms with van der Waals surface area (Å²) in [6.07, 6.45) is -0.0217. The highest BCUT2D eigenvalue weighted by molar-refractivity contribution is 5.99. The number of rotatable bonds is 4. The third kappa shape index (κ3) is 3.24. The van der Waals surface area contributed by atoms with Crippen molar-refractivity contribution in [1.82, 2.24) is 0 Å². The van der Waals surface area contributed by atoms with Crippen LogP contribution in [0.25, 0.3) is 0 Å². The average molecular weight is 275 g/mol. The number of nitrogens with one attached hydrogen (secondary N) is 1. The van der Waals surface area contributed by atoms with Crippen LogP contribution in [0.3, 0.4) is 0 Å². The van der Waals surface area contributed by atoms with Gasteiger partial charge in [0.05, 0.1) is 5.69 Å². The molecule has 0 radical (unpaired) electrons. The second-order valence-corrected chi connectivity index (χ2v) is 3.22. The molecule has 1 rings (SSSR count). The molecule has 0 aliphatic heterocycles. The van der Waals surface area contributed by atoms with E-state index in [-0.39, 0.29) is 12.7 Å². The van der Waals surface area contributed by atoms with Crippen LogP contribution in [0.1, 0.15) is 10.4 Å². The summed E-state index contributed by atoms with van der Waals surface area (Å²) >= 11 is 0. The standard InChI is InChI=1S/C11H8F3NO4/c1-2-3-19-11(18)15-9-6(13)4-5(12)8(14)7(9)10(16)17/h2,4H,1,3H2,(H,15,18)(H,16,17). The van der Waals surface area contributed by atoms with Gasteiger partial charge in [-0.15, -0.1) is 0 Å². The Morgan fingerprint density at radius 3 is 2.53 bits per heavy atom. The van der Waals surface area contributed by atoms with Gasteiger partial charge in [-0.3, -0.25) is 5.32 Å². The maximum absolute atomic E-state index is 13.4. The molecule has 0 aliphatic carbocycles. The van der Waals surface area contributed by atoms with E-state index in [1.165, 1.54) is 6.08 Å². The van der Waals surface area contributed by atoms with Crippen LogP contribution < -0.4 is 5.32 Å². The lowest BCUT2D eigenvalue weighted by Crippen LogP contribution is -2.19. The summed E-state index contributed by atoms with van der Waals surface area (Å²) in [5, 5.41) is 10.4. The lowest BCUT2D eigenvalue weighted by molar-refractivity contribution is 0.0691. The summed E-state index contributed by atoms with van der Waals surface area (Å²) in [6, 6.07) is 0.116. The zero-order valence-electron chi connectivity index (χ0n) is 9.37. The largest absolute Gasteiger partial charge is 0.478 e. The Labute approximate surface area is 105 Å². The van der Waals surface area contributed by atoms with Gasteiger partial charge in [-0.1, -0.05) is 12.7 Å². The molecule has 1 aromatic rings. The highest BCUT2D eigenvalue weighted by Crippen LogP contribution is 2.25. The van der Waals surface area contributed by atoms with Crippen LogP contribution in [0.5, 0.6) is 0 Å². The fourth-order valence-corrected chi connectivity index (χ4v) is 1.19. The Morgan fingerprint density at radius 1 is 1.37 bits per heavy atom. The number of aromatic carboxylic acids is 1. The smallest absolute Gasteiger partial charge is 0.412 e. The lowest BCUT2D eigenvalue weighted by Gasteiger charge is -2.10. The first-order valence-electron chi connectivity index (χ1n) is 4.84. The topological polar surface area (TPSA) is 75.6 Å². The molecule has 0 bridgehead atoms. The Morgan fingerprint density at radius 2 is 2.00 bits per heavy atom. The summed E-state index contributed by atoms with van der Waals surface area (Å²) in [5.74, 6) is -6.84. The monoisotopic (exact) mass is 275 g/mol. The van der Waals surface area contributed by atoms with E-state index in [2.05, 4.69) is 11.3 Å². The maximum atomic E-state index is 13.4. The summed E-state index contributed by atoms with van der Waals surface area (Å²) in [7, 11) is 0. The molecule has 5 nitrogen and oxygen atoms in total. The van der Waals surface area contributed by atoms with Crippen molar-refractivity contribution in [2.24, 2.45) is 0 Å². The average Bonchev–Trinajstić information content (AvgIpc) is 2.33. The van der Waals surface area contributed by atoms with Gasteiger partial charge in [-0.05, 0) is 0 Å². The minimum atomic E-state index is -1.94. The van der Waals surface area contributed by atoms with Crippen molar-refractivity contribution in [2.45, 2.75) is 0 Å². The minimum Gasteiger partial charge on any atom is -0.478 e. The molecular formula is C11H8F3NO4. The number of carbonyl (C=O) groups excluding carboxylic acids is 1. The third-order valence-electron chi connectivity index (χ3n) is 1.94. The number of ether oxygens (including phenoxy) is 1. The van der Waals surface area contributed by atoms with Crippen LogP contribution in [-0.2, 0) is 4.74 Å². The molecule has 0 aromatic heterocycles. The fraction of sp³-hybridized carbons (Fsp3) is 0.0909. The zero-order chi connectivity index (χ0) is 14.6. The van der Waals surface area contributed by atoms with Crippen molar-refractivity contribution in [2.75, 3.05) is 11.9 Å². The van der Waals surface area contributed by atoms with Crippen molar-refractivity contribution in [3.8, 4) is 0 Å². The Bertz CT molecular complexity index is 545. The zero-order valence-corrected chi connectivity index (χ0v) is 9.37. The van der Waals surface area contributed by atoms with Crippen LogP contribution >= 0.6 is 0 Å². The van der Waals surface area contributed by atoms with Gasteiger partial charge in [-0.25, -0.2) is 22.8 Å². The first kappa shape index (κ1) is 14.6. The molecule has 19 heavy (non-hydrogen) atoms. The van der Waals surface area contributed by atoms with Gasteiger partial charge < -0.3 is 9.84 Å². The normalized spacial score (nSPS) is 9.84. The number of amides is 1. The molecule has 1 aromatic carbocycles. The van der Waals surface area contributed by atoms with E-state index in [1.807, 2.05) is 0 Å². The van der Waals surface area contributed by atoms with Crippen LogP contribution in [0, 0.1) is 17.5 Å².